The molecule has 2 aliphatic rings. The van der Waals surface area contributed by atoms with Gasteiger partial charge in [0.1, 0.15) is 17.7 Å². The summed E-state index contributed by atoms with van der Waals surface area (Å²) in [6, 6.07) is 7.88. The van der Waals surface area contributed by atoms with Crippen molar-refractivity contribution in [2.75, 3.05) is 30.3 Å². The third-order valence-electron chi connectivity index (χ3n) is 10.0. The molecular formula is C36H50N6O4. The first-order valence-electron chi connectivity index (χ1n) is 16.7. The minimum atomic E-state index is -0.517. The van der Waals surface area contributed by atoms with Crippen molar-refractivity contribution in [1.29, 1.82) is 5.26 Å². The molecule has 0 amide bonds. The fraction of sp³-hybridized carbons (Fsp3) is 0.611. The van der Waals surface area contributed by atoms with Gasteiger partial charge < -0.3 is 20.1 Å². The number of fused-ring (bicyclic) bond motifs is 1. The molecule has 3 unspecified atom stereocenters. The molecule has 10 nitrogen and oxygen atoms in total. The average Bonchev–Trinajstić information content (AvgIpc) is 3.55. The standard InChI is InChI=1S/C36H50N6O4/c1-9-45-33(43)23-11-10-14-41(19-23)28-13-12-22(17-27(28)38)31-39-32-29(24(18-37)20-42(32)40-31)34(44)46-30-25(35(3,4)5)15-21(2)16-26(30)36(6,7)8/h12-13,17,20-21,23,25-26,30H,9-11,14-16,19,38H2,1-8H3,(H,39,40). The number of H-pyrrole nitrogens is 1. The van der Waals surface area contributed by atoms with Crippen molar-refractivity contribution in [3.63, 3.8) is 0 Å². The van der Waals surface area contributed by atoms with Gasteiger partial charge in [0.25, 0.3) is 0 Å². The molecule has 1 saturated heterocycles. The van der Waals surface area contributed by atoms with E-state index in [2.05, 4.69) is 64.5 Å². The highest BCUT2D eigenvalue weighted by atomic mass is 16.5. The van der Waals surface area contributed by atoms with Crippen LogP contribution in [0.2, 0.25) is 0 Å². The molecule has 10 heteroatoms. The predicted octanol–water partition coefficient (Wildman–Crippen LogP) is 6.84. The molecule has 3 N–H and O–H groups in total. The molecule has 1 aromatic carbocycles. The number of hydrogen-bond donors (Lipinski definition) is 2. The number of nitrogens with one attached hydrogen (secondary N) is 1. The van der Waals surface area contributed by atoms with Gasteiger partial charge in [-0.15, -0.1) is 0 Å². The number of piperidine rings is 1. The second-order valence-corrected chi connectivity index (χ2v) is 15.5. The van der Waals surface area contributed by atoms with Crippen molar-refractivity contribution in [2.24, 2.45) is 34.5 Å². The van der Waals surface area contributed by atoms with Gasteiger partial charge in [0, 0.05) is 36.7 Å². The fourth-order valence-corrected chi connectivity index (χ4v) is 7.54. The largest absolute Gasteiger partial charge is 0.466 e. The highest BCUT2D eigenvalue weighted by molar-refractivity contribution is 5.99. The Labute approximate surface area is 272 Å². The van der Waals surface area contributed by atoms with Crippen LogP contribution in [0.1, 0.15) is 97.0 Å². The molecule has 1 aliphatic carbocycles. The predicted molar refractivity (Wildman–Crippen MR) is 179 cm³/mol. The van der Waals surface area contributed by atoms with Crippen LogP contribution in [0.3, 0.4) is 0 Å². The fourth-order valence-electron chi connectivity index (χ4n) is 7.54. The van der Waals surface area contributed by atoms with Gasteiger partial charge in [-0.1, -0.05) is 48.5 Å². The summed E-state index contributed by atoms with van der Waals surface area (Å²) in [6.07, 6.45) is 4.95. The number of ether oxygens (including phenoxy) is 2. The Balaban J connectivity index is 1.43. The summed E-state index contributed by atoms with van der Waals surface area (Å²) >= 11 is 0. The third-order valence-corrected chi connectivity index (χ3v) is 10.0. The Morgan fingerprint density at radius 3 is 2.39 bits per heavy atom. The van der Waals surface area contributed by atoms with Crippen LogP contribution < -0.4 is 10.6 Å². The van der Waals surface area contributed by atoms with Gasteiger partial charge in [0.2, 0.25) is 0 Å². The van der Waals surface area contributed by atoms with Gasteiger partial charge in [0.15, 0.2) is 11.5 Å². The first-order valence-corrected chi connectivity index (χ1v) is 16.7. The van der Waals surface area contributed by atoms with Gasteiger partial charge in [-0.25, -0.2) is 14.3 Å². The zero-order valence-electron chi connectivity index (χ0n) is 28.6. The Kier molecular flexibility index (Phi) is 9.18. The van der Waals surface area contributed by atoms with Crippen molar-refractivity contribution >= 4 is 29.0 Å². The van der Waals surface area contributed by atoms with Gasteiger partial charge in [-0.3, -0.25) is 9.89 Å². The molecule has 46 heavy (non-hydrogen) atoms. The molecule has 2 aromatic heterocycles. The SMILES string of the molecule is CCOC(=O)C1CCCN(c2ccc(-c3nc4c(C(=O)OC5C(C(C)(C)C)CC(C)CC5C(C)(C)C)c(C#N)cn4[nH]3)cc2N)C1. The molecular weight excluding hydrogens is 580 g/mol. The maximum Gasteiger partial charge on any atom is 0.343 e. The van der Waals surface area contributed by atoms with E-state index in [1.54, 1.807) is 10.7 Å². The van der Waals surface area contributed by atoms with E-state index in [9.17, 15) is 14.9 Å². The quantitative estimate of drug-likeness (QED) is 0.223. The van der Waals surface area contributed by atoms with Crippen LogP contribution in [0.5, 0.6) is 0 Å². The van der Waals surface area contributed by atoms with E-state index in [1.165, 1.54) is 0 Å². The Morgan fingerprint density at radius 2 is 1.80 bits per heavy atom. The van der Waals surface area contributed by atoms with E-state index in [0.717, 1.165) is 43.5 Å². The number of esters is 2. The second kappa shape index (κ2) is 12.7. The minimum absolute atomic E-state index is 0.0587. The summed E-state index contributed by atoms with van der Waals surface area (Å²) in [5, 5.41) is 13.2. The van der Waals surface area contributed by atoms with E-state index in [1.807, 2.05) is 25.1 Å². The Bertz CT molecular complexity index is 1610. The normalized spacial score (nSPS) is 24.1. The number of aromatic nitrogens is 3. The summed E-state index contributed by atoms with van der Waals surface area (Å²) in [5.41, 5.74) is 9.33. The Morgan fingerprint density at radius 1 is 1.13 bits per heavy atom. The first kappa shape index (κ1) is 33.4. The number of carbonyl (C=O) groups is 2. The topological polar surface area (TPSA) is 139 Å². The van der Waals surface area contributed by atoms with Crippen LogP contribution in [0.4, 0.5) is 11.4 Å². The number of nitriles is 1. The van der Waals surface area contributed by atoms with Gasteiger partial charge in [-0.2, -0.15) is 5.26 Å². The van der Waals surface area contributed by atoms with Gasteiger partial charge in [0.05, 0.1) is 29.5 Å². The van der Waals surface area contributed by atoms with Crippen molar-refractivity contribution in [2.45, 2.75) is 87.2 Å². The summed E-state index contributed by atoms with van der Waals surface area (Å²) in [5.74, 6) is 0.536. The molecule has 1 aliphatic heterocycles. The number of hydrogen-bond acceptors (Lipinski definition) is 8. The molecule has 3 aromatic rings. The monoisotopic (exact) mass is 630 g/mol. The van der Waals surface area contributed by atoms with Crippen LogP contribution >= 0.6 is 0 Å². The number of rotatable bonds is 6. The number of aromatic amines is 1. The number of nitrogen functional groups attached to an aromatic ring is 1. The van der Waals surface area contributed by atoms with E-state index >= 15 is 0 Å². The van der Waals surface area contributed by atoms with E-state index in [4.69, 9.17) is 20.2 Å². The van der Waals surface area contributed by atoms with Crippen molar-refractivity contribution in [1.82, 2.24) is 14.6 Å². The van der Waals surface area contributed by atoms with E-state index in [-0.39, 0.29) is 51.8 Å². The zero-order chi connectivity index (χ0) is 33.6. The third kappa shape index (κ3) is 6.60. The number of anilines is 2. The zero-order valence-corrected chi connectivity index (χ0v) is 28.6. The highest BCUT2D eigenvalue weighted by Gasteiger charge is 2.48. The molecule has 3 heterocycles. The van der Waals surface area contributed by atoms with Crippen molar-refractivity contribution in [3.8, 4) is 17.5 Å². The summed E-state index contributed by atoms with van der Waals surface area (Å²) in [6.45, 7) is 19.1. The summed E-state index contributed by atoms with van der Waals surface area (Å²) < 4.78 is 13.3. The molecule has 0 radical (unpaired) electrons. The Hall–Kier alpha value is -4.00. The molecule has 3 atom stereocenters. The van der Waals surface area contributed by atoms with E-state index in [0.29, 0.717) is 36.2 Å². The minimum Gasteiger partial charge on any atom is -0.466 e. The second-order valence-electron chi connectivity index (χ2n) is 15.5. The molecule has 1 saturated carbocycles. The van der Waals surface area contributed by atoms with Crippen LogP contribution in [0, 0.1) is 45.8 Å². The number of nitrogens with zero attached hydrogens (tertiary/aromatic N) is 4. The maximum atomic E-state index is 14.0. The van der Waals surface area contributed by atoms with Gasteiger partial charge in [-0.05, 0) is 67.6 Å². The lowest BCUT2D eigenvalue weighted by Crippen LogP contribution is -2.49. The lowest BCUT2D eigenvalue weighted by Gasteiger charge is -2.50. The molecule has 0 spiro atoms. The number of benzene rings is 1. The number of carbonyl (C=O) groups excluding carboxylic acids is 2. The first-order chi connectivity index (χ1) is 21.6. The lowest BCUT2D eigenvalue weighted by molar-refractivity contribution is -0.148. The maximum absolute atomic E-state index is 14.0. The smallest absolute Gasteiger partial charge is 0.343 e. The molecule has 5 rings (SSSR count). The van der Waals surface area contributed by atoms with Crippen LogP contribution in [-0.4, -0.2) is 52.3 Å². The highest BCUT2D eigenvalue weighted by Crippen LogP contribution is 2.50. The summed E-state index contributed by atoms with van der Waals surface area (Å²) in [7, 11) is 0. The van der Waals surface area contributed by atoms with Crippen molar-refractivity contribution < 1.29 is 19.1 Å². The van der Waals surface area contributed by atoms with Gasteiger partial charge >= 0.3 is 11.9 Å². The average molecular weight is 631 g/mol. The molecule has 248 valence electrons. The number of nitrogens with two attached hydrogens (primary N) is 1. The lowest BCUT2D eigenvalue weighted by atomic mass is 9.59. The van der Waals surface area contributed by atoms with Crippen LogP contribution in [-0.2, 0) is 14.3 Å². The van der Waals surface area contributed by atoms with Crippen LogP contribution in [0.25, 0.3) is 17.0 Å². The summed E-state index contributed by atoms with van der Waals surface area (Å²) in [4.78, 5) is 33.3. The van der Waals surface area contributed by atoms with Crippen LogP contribution in [0.15, 0.2) is 24.4 Å². The van der Waals surface area contributed by atoms with E-state index < -0.39 is 5.97 Å². The van der Waals surface area contributed by atoms with Crippen molar-refractivity contribution in [3.05, 3.63) is 35.5 Å². The molecule has 0 bridgehead atoms. The molecule has 2 fully saturated rings.